The Morgan fingerprint density at radius 3 is 2.21 bits per heavy atom. The van der Waals surface area contributed by atoms with E-state index < -0.39 is 11.7 Å². The standard InChI is InChI=1S/C14H21F3N2/c1-11(8-9-19(2)3)18-10-12-4-6-13(7-5-12)14(15,16)17/h4-7,11,18H,8-10H2,1-3H3. The van der Waals surface area contributed by atoms with Gasteiger partial charge < -0.3 is 10.2 Å². The van der Waals surface area contributed by atoms with Gasteiger partial charge in [-0.25, -0.2) is 0 Å². The number of rotatable bonds is 6. The summed E-state index contributed by atoms with van der Waals surface area (Å²) in [6.07, 6.45) is -3.25. The van der Waals surface area contributed by atoms with Crippen molar-refractivity contribution in [2.75, 3.05) is 20.6 Å². The molecule has 0 saturated heterocycles. The fourth-order valence-electron chi connectivity index (χ4n) is 1.66. The van der Waals surface area contributed by atoms with Crippen molar-refractivity contribution in [3.63, 3.8) is 0 Å². The second kappa shape index (κ2) is 6.91. The van der Waals surface area contributed by atoms with E-state index in [-0.39, 0.29) is 0 Å². The van der Waals surface area contributed by atoms with Crippen LogP contribution in [0.25, 0.3) is 0 Å². The third kappa shape index (κ3) is 6.07. The van der Waals surface area contributed by atoms with Gasteiger partial charge in [0.15, 0.2) is 0 Å². The molecule has 5 heteroatoms. The van der Waals surface area contributed by atoms with E-state index in [2.05, 4.69) is 17.1 Å². The van der Waals surface area contributed by atoms with Crippen LogP contribution < -0.4 is 5.32 Å². The Labute approximate surface area is 112 Å². The summed E-state index contributed by atoms with van der Waals surface area (Å²) in [4.78, 5) is 2.11. The first-order chi connectivity index (χ1) is 8.79. The normalized spacial score (nSPS) is 13.8. The number of nitrogens with zero attached hydrogens (tertiary/aromatic N) is 1. The minimum Gasteiger partial charge on any atom is -0.310 e. The number of benzene rings is 1. The zero-order valence-electron chi connectivity index (χ0n) is 11.6. The molecule has 0 heterocycles. The molecule has 1 N–H and O–H groups in total. The second-order valence-corrected chi connectivity index (χ2v) is 5.07. The minimum absolute atomic E-state index is 0.338. The number of nitrogens with one attached hydrogen (secondary N) is 1. The maximum Gasteiger partial charge on any atom is 0.416 e. The van der Waals surface area contributed by atoms with Crippen LogP contribution in [0, 0.1) is 0 Å². The summed E-state index contributed by atoms with van der Waals surface area (Å²) in [5.41, 5.74) is 0.265. The third-order valence-electron chi connectivity index (χ3n) is 2.95. The molecule has 2 nitrogen and oxygen atoms in total. The van der Waals surface area contributed by atoms with Crippen LogP contribution in [0.1, 0.15) is 24.5 Å². The van der Waals surface area contributed by atoms with E-state index in [1.54, 1.807) is 0 Å². The molecule has 0 aliphatic carbocycles. The number of hydrogen-bond acceptors (Lipinski definition) is 2. The molecule has 0 bridgehead atoms. The average molecular weight is 274 g/mol. The van der Waals surface area contributed by atoms with Crippen LogP contribution in [0.15, 0.2) is 24.3 Å². The van der Waals surface area contributed by atoms with E-state index in [1.807, 2.05) is 14.1 Å². The van der Waals surface area contributed by atoms with Crippen LogP contribution in [0.3, 0.4) is 0 Å². The molecule has 108 valence electrons. The average Bonchev–Trinajstić information content (AvgIpc) is 2.33. The van der Waals surface area contributed by atoms with Crippen molar-refractivity contribution in [1.82, 2.24) is 10.2 Å². The van der Waals surface area contributed by atoms with Gasteiger partial charge in [0.05, 0.1) is 5.56 Å². The van der Waals surface area contributed by atoms with Gasteiger partial charge in [-0.3, -0.25) is 0 Å². The maximum atomic E-state index is 12.4. The van der Waals surface area contributed by atoms with Crippen LogP contribution >= 0.6 is 0 Å². The van der Waals surface area contributed by atoms with Crippen molar-refractivity contribution in [3.8, 4) is 0 Å². The van der Waals surface area contributed by atoms with Crippen LogP contribution in [-0.4, -0.2) is 31.6 Å². The minimum atomic E-state index is -4.26. The third-order valence-corrected chi connectivity index (χ3v) is 2.95. The summed E-state index contributed by atoms with van der Waals surface area (Å²) >= 11 is 0. The predicted octanol–water partition coefficient (Wildman–Crippen LogP) is 3.14. The first-order valence-corrected chi connectivity index (χ1v) is 6.33. The lowest BCUT2D eigenvalue weighted by atomic mass is 10.1. The lowest BCUT2D eigenvalue weighted by Crippen LogP contribution is -2.29. The topological polar surface area (TPSA) is 15.3 Å². The van der Waals surface area contributed by atoms with Crippen molar-refractivity contribution in [2.24, 2.45) is 0 Å². The van der Waals surface area contributed by atoms with E-state index in [0.29, 0.717) is 12.6 Å². The molecule has 19 heavy (non-hydrogen) atoms. The zero-order chi connectivity index (χ0) is 14.5. The summed E-state index contributed by atoms with van der Waals surface area (Å²) in [5, 5.41) is 3.30. The molecule has 0 aromatic heterocycles. The summed E-state index contributed by atoms with van der Waals surface area (Å²) in [6.45, 7) is 3.65. The fraction of sp³-hybridized carbons (Fsp3) is 0.571. The van der Waals surface area contributed by atoms with Gasteiger partial charge in [-0.15, -0.1) is 0 Å². The highest BCUT2D eigenvalue weighted by Gasteiger charge is 2.29. The van der Waals surface area contributed by atoms with Crippen molar-refractivity contribution < 1.29 is 13.2 Å². The zero-order valence-corrected chi connectivity index (χ0v) is 11.6. The van der Waals surface area contributed by atoms with Gasteiger partial charge in [0.2, 0.25) is 0 Å². The molecule has 0 aliphatic rings. The smallest absolute Gasteiger partial charge is 0.310 e. The van der Waals surface area contributed by atoms with Crippen molar-refractivity contribution in [1.29, 1.82) is 0 Å². The van der Waals surface area contributed by atoms with Crippen molar-refractivity contribution in [2.45, 2.75) is 32.1 Å². The molecule has 1 aromatic carbocycles. The van der Waals surface area contributed by atoms with E-state index in [4.69, 9.17) is 0 Å². The molecular formula is C14H21F3N2. The number of hydrogen-bond donors (Lipinski definition) is 1. The molecule has 1 rings (SSSR count). The van der Waals surface area contributed by atoms with E-state index in [0.717, 1.165) is 30.7 Å². The lowest BCUT2D eigenvalue weighted by Gasteiger charge is -2.17. The number of alkyl halides is 3. The molecule has 0 spiro atoms. The quantitative estimate of drug-likeness (QED) is 0.857. The largest absolute Gasteiger partial charge is 0.416 e. The summed E-state index contributed by atoms with van der Waals surface area (Å²) in [6, 6.07) is 5.64. The van der Waals surface area contributed by atoms with Crippen LogP contribution in [0.5, 0.6) is 0 Å². The fourth-order valence-corrected chi connectivity index (χ4v) is 1.66. The van der Waals surface area contributed by atoms with Crippen molar-refractivity contribution >= 4 is 0 Å². The molecular weight excluding hydrogens is 253 g/mol. The van der Waals surface area contributed by atoms with Gasteiger partial charge in [0.1, 0.15) is 0 Å². The van der Waals surface area contributed by atoms with Gasteiger partial charge in [-0.05, 0) is 51.7 Å². The Morgan fingerprint density at radius 1 is 1.16 bits per heavy atom. The van der Waals surface area contributed by atoms with Crippen LogP contribution in [-0.2, 0) is 12.7 Å². The number of halogens is 3. The van der Waals surface area contributed by atoms with E-state index in [9.17, 15) is 13.2 Å². The maximum absolute atomic E-state index is 12.4. The van der Waals surface area contributed by atoms with Gasteiger partial charge in [0.25, 0.3) is 0 Å². The lowest BCUT2D eigenvalue weighted by molar-refractivity contribution is -0.137. The Balaban J connectivity index is 2.42. The van der Waals surface area contributed by atoms with Crippen LogP contribution in [0.4, 0.5) is 13.2 Å². The Hall–Kier alpha value is -1.07. The highest BCUT2D eigenvalue weighted by Crippen LogP contribution is 2.29. The van der Waals surface area contributed by atoms with Crippen LogP contribution in [0.2, 0.25) is 0 Å². The molecule has 1 unspecified atom stereocenters. The van der Waals surface area contributed by atoms with E-state index >= 15 is 0 Å². The first-order valence-electron chi connectivity index (χ1n) is 6.33. The highest BCUT2D eigenvalue weighted by molar-refractivity contribution is 5.24. The molecule has 0 aliphatic heterocycles. The Bertz CT molecular complexity index is 371. The summed E-state index contributed by atoms with van der Waals surface area (Å²) in [7, 11) is 4.03. The molecule has 0 saturated carbocycles. The monoisotopic (exact) mass is 274 g/mol. The highest BCUT2D eigenvalue weighted by atomic mass is 19.4. The van der Waals surface area contributed by atoms with Gasteiger partial charge in [0, 0.05) is 12.6 Å². The van der Waals surface area contributed by atoms with Gasteiger partial charge >= 0.3 is 6.18 Å². The van der Waals surface area contributed by atoms with Crippen molar-refractivity contribution in [3.05, 3.63) is 35.4 Å². The van der Waals surface area contributed by atoms with E-state index in [1.165, 1.54) is 12.1 Å². The molecule has 0 radical (unpaired) electrons. The SMILES string of the molecule is CC(CCN(C)C)NCc1ccc(C(F)(F)F)cc1. The molecule has 0 fully saturated rings. The van der Waals surface area contributed by atoms with Gasteiger partial charge in [-0.1, -0.05) is 12.1 Å². The second-order valence-electron chi connectivity index (χ2n) is 5.07. The summed E-state index contributed by atoms with van der Waals surface area (Å²) in [5.74, 6) is 0. The summed E-state index contributed by atoms with van der Waals surface area (Å²) < 4.78 is 37.2. The molecule has 1 aromatic rings. The Kier molecular flexibility index (Phi) is 5.82. The van der Waals surface area contributed by atoms with Gasteiger partial charge in [-0.2, -0.15) is 13.2 Å². The Morgan fingerprint density at radius 2 is 1.74 bits per heavy atom. The first kappa shape index (κ1) is 16.0. The molecule has 1 atom stereocenters. The molecule has 0 amide bonds. The predicted molar refractivity (Wildman–Crippen MR) is 70.9 cm³/mol.